The van der Waals surface area contributed by atoms with Gasteiger partial charge in [0.05, 0.1) is 21.4 Å². The Kier molecular flexibility index (Phi) is 8.18. The molecule has 1 aliphatic rings. The second-order valence-electron chi connectivity index (χ2n) is 7.48. The van der Waals surface area contributed by atoms with Gasteiger partial charge in [0.1, 0.15) is 5.25 Å². The topological polar surface area (TPSA) is 91.4 Å². The van der Waals surface area contributed by atoms with E-state index >= 15 is 0 Å². The number of hydrogen-bond acceptors (Lipinski definition) is 6. The molecule has 2 N–H and O–H groups in total. The summed E-state index contributed by atoms with van der Waals surface area (Å²) >= 11 is 12.9. The van der Waals surface area contributed by atoms with Gasteiger partial charge in [0.15, 0.2) is 5.17 Å². The summed E-state index contributed by atoms with van der Waals surface area (Å²) in [6, 6.07) is 12.7. The number of thioether (sulfide) groups is 1. The van der Waals surface area contributed by atoms with Gasteiger partial charge in [0.2, 0.25) is 11.8 Å². The van der Waals surface area contributed by atoms with E-state index in [1.54, 1.807) is 13.0 Å². The van der Waals surface area contributed by atoms with Crippen molar-refractivity contribution in [3.8, 4) is 0 Å². The maximum atomic E-state index is 12.8. The van der Waals surface area contributed by atoms with Crippen LogP contribution in [0.4, 0.5) is 11.4 Å². The molecule has 0 aliphatic carbocycles. The van der Waals surface area contributed by atoms with Crippen LogP contribution in [-0.4, -0.2) is 42.0 Å². The standard InChI is InChI=1S/C23H23Cl2N5O2S/c1-14(4-5-15-6-8-16(9-7-15)29(2)3)27-28-23(26)33-20-13-21(31)30(22(20)32)17-10-11-18(24)19(25)12-17/h4-12,20H,13H2,1-3H3,(H2,26,28). The van der Waals surface area contributed by atoms with Crippen molar-refractivity contribution >= 4 is 75.1 Å². The summed E-state index contributed by atoms with van der Waals surface area (Å²) in [5, 5.41) is 8.10. The Morgan fingerprint density at radius 1 is 1.12 bits per heavy atom. The molecule has 1 saturated heterocycles. The second-order valence-corrected chi connectivity index (χ2v) is 9.51. The maximum Gasteiger partial charge on any atom is 0.247 e. The van der Waals surface area contributed by atoms with E-state index in [1.807, 2.05) is 55.4 Å². The number of imide groups is 1. The molecule has 7 nitrogen and oxygen atoms in total. The van der Waals surface area contributed by atoms with Gasteiger partial charge in [-0.25, -0.2) is 4.90 Å². The Bertz CT molecular complexity index is 1150. The molecular formula is C23H23Cl2N5O2S. The van der Waals surface area contributed by atoms with Gasteiger partial charge < -0.3 is 10.6 Å². The number of hydrogen-bond donors (Lipinski definition) is 1. The molecule has 1 atom stereocenters. The van der Waals surface area contributed by atoms with E-state index in [1.165, 1.54) is 12.1 Å². The molecule has 1 aliphatic heterocycles. The zero-order chi connectivity index (χ0) is 24.1. The van der Waals surface area contributed by atoms with Crippen LogP contribution in [0.15, 0.2) is 58.7 Å². The monoisotopic (exact) mass is 503 g/mol. The predicted octanol–water partition coefficient (Wildman–Crippen LogP) is 4.83. The zero-order valence-electron chi connectivity index (χ0n) is 18.3. The lowest BCUT2D eigenvalue weighted by molar-refractivity contribution is -0.121. The van der Waals surface area contributed by atoms with Gasteiger partial charge in [0, 0.05) is 26.2 Å². The average molecular weight is 504 g/mol. The van der Waals surface area contributed by atoms with Crippen molar-refractivity contribution in [3.05, 3.63) is 64.1 Å². The Hall–Kier alpha value is -2.81. The normalized spacial score (nSPS) is 17.4. The largest absolute Gasteiger partial charge is 0.378 e. The molecule has 1 fully saturated rings. The van der Waals surface area contributed by atoms with E-state index in [4.69, 9.17) is 28.9 Å². The first-order chi connectivity index (χ1) is 15.7. The van der Waals surface area contributed by atoms with Gasteiger partial charge in [0.25, 0.3) is 0 Å². The lowest BCUT2D eigenvalue weighted by atomic mass is 10.2. The SMILES string of the molecule is CC(C=Cc1ccc(N(C)C)cc1)=NN=C(N)SC1CC(=O)N(c2ccc(Cl)c(Cl)c2)C1=O. The summed E-state index contributed by atoms with van der Waals surface area (Å²) in [4.78, 5) is 28.3. The molecule has 0 saturated carbocycles. The lowest BCUT2D eigenvalue weighted by Gasteiger charge is -2.15. The highest BCUT2D eigenvalue weighted by Crippen LogP contribution is 2.33. The summed E-state index contributed by atoms with van der Waals surface area (Å²) in [7, 11) is 3.98. The van der Waals surface area contributed by atoms with Crippen LogP contribution in [0.5, 0.6) is 0 Å². The molecule has 2 aromatic rings. The third kappa shape index (κ3) is 6.37. The van der Waals surface area contributed by atoms with Gasteiger partial charge in [-0.1, -0.05) is 53.2 Å². The van der Waals surface area contributed by atoms with Crippen LogP contribution < -0.4 is 15.5 Å². The van der Waals surface area contributed by atoms with Crippen LogP contribution >= 0.6 is 35.0 Å². The van der Waals surface area contributed by atoms with Gasteiger partial charge in [-0.15, -0.1) is 5.10 Å². The predicted molar refractivity (Wildman–Crippen MR) is 139 cm³/mol. The van der Waals surface area contributed by atoms with Crippen LogP contribution in [0, 0.1) is 0 Å². The quantitative estimate of drug-likeness (QED) is 0.263. The number of anilines is 2. The number of allylic oxidation sites excluding steroid dienone is 1. The second kappa shape index (κ2) is 10.9. The number of amidine groups is 1. The summed E-state index contributed by atoms with van der Waals surface area (Å²) in [5.41, 5.74) is 9.10. The first-order valence-corrected chi connectivity index (χ1v) is 11.6. The van der Waals surface area contributed by atoms with Crippen molar-refractivity contribution in [1.82, 2.24) is 0 Å². The average Bonchev–Trinajstić information content (AvgIpc) is 3.05. The molecule has 10 heteroatoms. The highest BCUT2D eigenvalue weighted by atomic mass is 35.5. The van der Waals surface area contributed by atoms with Crippen molar-refractivity contribution in [2.75, 3.05) is 23.9 Å². The number of benzene rings is 2. The number of rotatable bonds is 6. The third-order valence-corrected chi connectivity index (χ3v) is 6.48. The minimum Gasteiger partial charge on any atom is -0.378 e. The summed E-state index contributed by atoms with van der Waals surface area (Å²) in [6.07, 6.45) is 3.75. The molecular weight excluding hydrogens is 481 g/mol. The molecule has 0 aromatic heterocycles. The fourth-order valence-electron chi connectivity index (χ4n) is 3.02. The Morgan fingerprint density at radius 3 is 2.45 bits per heavy atom. The van der Waals surface area contributed by atoms with Crippen molar-refractivity contribution < 1.29 is 9.59 Å². The number of nitrogens with two attached hydrogens (primary N) is 1. The minimum absolute atomic E-state index is 0.00546. The Labute approximate surface area is 206 Å². The van der Waals surface area contributed by atoms with E-state index in [0.29, 0.717) is 16.4 Å². The third-order valence-electron chi connectivity index (χ3n) is 4.76. The van der Waals surface area contributed by atoms with Crippen molar-refractivity contribution in [2.24, 2.45) is 15.9 Å². The van der Waals surface area contributed by atoms with E-state index in [9.17, 15) is 9.59 Å². The molecule has 33 heavy (non-hydrogen) atoms. The van der Waals surface area contributed by atoms with Crippen molar-refractivity contribution in [3.63, 3.8) is 0 Å². The number of carbonyl (C=O) groups is 2. The van der Waals surface area contributed by atoms with Gasteiger partial charge >= 0.3 is 0 Å². The molecule has 2 aromatic carbocycles. The Morgan fingerprint density at radius 2 is 1.82 bits per heavy atom. The molecule has 0 spiro atoms. The van der Waals surface area contributed by atoms with Crippen molar-refractivity contribution in [2.45, 2.75) is 18.6 Å². The van der Waals surface area contributed by atoms with Gasteiger partial charge in [-0.3, -0.25) is 9.59 Å². The summed E-state index contributed by atoms with van der Waals surface area (Å²) in [5.74, 6) is -0.727. The van der Waals surface area contributed by atoms with E-state index < -0.39 is 5.25 Å². The van der Waals surface area contributed by atoms with Crippen LogP contribution in [0.3, 0.4) is 0 Å². The maximum absolute atomic E-state index is 12.8. The van der Waals surface area contributed by atoms with Crippen LogP contribution in [0.2, 0.25) is 10.0 Å². The smallest absolute Gasteiger partial charge is 0.247 e. The van der Waals surface area contributed by atoms with Crippen LogP contribution in [-0.2, 0) is 9.59 Å². The summed E-state index contributed by atoms with van der Waals surface area (Å²) < 4.78 is 0. The zero-order valence-corrected chi connectivity index (χ0v) is 20.7. The highest BCUT2D eigenvalue weighted by molar-refractivity contribution is 8.14. The fraction of sp³-hybridized carbons (Fsp3) is 0.217. The number of halogens is 2. The molecule has 172 valence electrons. The van der Waals surface area contributed by atoms with Crippen LogP contribution in [0.25, 0.3) is 6.08 Å². The van der Waals surface area contributed by atoms with E-state index in [2.05, 4.69) is 10.2 Å². The molecule has 1 heterocycles. The van der Waals surface area contributed by atoms with Crippen molar-refractivity contribution in [1.29, 1.82) is 0 Å². The molecule has 2 amide bonds. The van der Waals surface area contributed by atoms with E-state index in [-0.39, 0.29) is 28.4 Å². The first-order valence-electron chi connectivity index (χ1n) is 9.97. The molecule has 0 bridgehead atoms. The highest BCUT2D eigenvalue weighted by Gasteiger charge is 2.40. The molecule has 3 rings (SSSR count). The first kappa shape index (κ1) is 24.8. The molecule has 0 radical (unpaired) electrons. The van der Waals surface area contributed by atoms with Crippen LogP contribution in [0.1, 0.15) is 18.9 Å². The van der Waals surface area contributed by atoms with E-state index in [0.717, 1.165) is 27.9 Å². The van der Waals surface area contributed by atoms with Gasteiger partial charge in [-0.05, 0) is 48.9 Å². The lowest BCUT2D eigenvalue weighted by Crippen LogP contribution is -2.31. The minimum atomic E-state index is -0.683. The van der Waals surface area contributed by atoms with Gasteiger partial charge in [-0.2, -0.15) is 5.10 Å². The fourth-order valence-corrected chi connectivity index (χ4v) is 4.13. The number of amides is 2. The number of carbonyl (C=O) groups excluding carboxylic acids is 2. The summed E-state index contributed by atoms with van der Waals surface area (Å²) in [6.45, 7) is 1.79. The molecule has 1 unspecified atom stereocenters. The number of nitrogens with zero attached hydrogens (tertiary/aromatic N) is 4. The Balaban J connectivity index is 1.62.